The highest BCUT2D eigenvalue weighted by atomic mass is 35.5. The molecule has 1 saturated heterocycles. The molecule has 254 valence electrons. The second-order valence-electron chi connectivity index (χ2n) is 14.6. The Balaban J connectivity index is 1.32. The summed E-state index contributed by atoms with van der Waals surface area (Å²) < 4.78 is 12.2. The first-order valence-corrected chi connectivity index (χ1v) is 16.9. The van der Waals surface area contributed by atoms with E-state index in [1.54, 1.807) is 33.3 Å². The van der Waals surface area contributed by atoms with Crippen molar-refractivity contribution in [3.63, 3.8) is 0 Å². The summed E-state index contributed by atoms with van der Waals surface area (Å²) in [5, 5.41) is 11.3. The van der Waals surface area contributed by atoms with Crippen LogP contribution in [0.15, 0.2) is 47.3 Å². The average Bonchev–Trinajstić information content (AvgIpc) is 3.45. The van der Waals surface area contributed by atoms with Gasteiger partial charge in [-0.25, -0.2) is 24.7 Å². The number of fused-ring (bicyclic) bond motifs is 4. The van der Waals surface area contributed by atoms with Crippen molar-refractivity contribution in [3.8, 4) is 11.1 Å². The number of furan rings is 1. The van der Waals surface area contributed by atoms with Gasteiger partial charge in [-0.3, -0.25) is 4.79 Å². The number of hydrogen-bond donors (Lipinski definition) is 1. The SMILES string of the molecule is CC1(C)CCN(c2c(-c3ccc4c(c3)CCN(c3ncnc5c3oc3ncccc35)C4)c(C=O)nc(Cl)c2[C@H](OC(C)(C)C)C(=O)O)CC1. The Labute approximate surface area is 289 Å². The molecular formula is C37H39ClN6O5. The second kappa shape index (κ2) is 12.4. The van der Waals surface area contributed by atoms with Gasteiger partial charge in [0.15, 0.2) is 23.8 Å². The fraction of sp³-hybridized carbons (Fsp3) is 0.405. The van der Waals surface area contributed by atoms with E-state index in [4.69, 9.17) is 20.8 Å². The molecule has 12 heteroatoms. The third-order valence-corrected chi connectivity index (χ3v) is 9.80. The summed E-state index contributed by atoms with van der Waals surface area (Å²) in [5.74, 6) is -0.465. The van der Waals surface area contributed by atoms with E-state index in [0.717, 1.165) is 40.4 Å². The van der Waals surface area contributed by atoms with Gasteiger partial charge in [0.05, 0.1) is 22.2 Å². The Morgan fingerprint density at radius 1 is 1.08 bits per heavy atom. The molecule has 1 N–H and O–H groups in total. The molecule has 5 aromatic rings. The molecule has 0 radical (unpaired) electrons. The highest BCUT2D eigenvalue weighted by molar-refractivity contribution is 6.31. The zero-order valence-electron chi connectivity index (χ0n) is 28.3. The van der Waals surface area contributed by atoms with E-state index in [1.807, 2.05) is 18.2 Å². The monoisotopic (exact) mass is 682 g/mol. The molecule has 6 heterocycles. The van der Waals surface area contributed by atoms with E-state index in [2.05, 4.69) is 55.7 Å². The van der Waals surface area contributed by atoms with Gasteiger partial charge in [0.1, 0.15) is 22.7 Å². The van der Waals surface area contributed by atoms with E-state index >= 15 is 0 Å². The highest BCUT2D eigenvalue weighted by Gasteiger charge is 2.38. The zero-order chi connectivity index (χ0) is 34.7. The lowest BCUT2D eigenvalue weighted by molar-refractivity contribution is -0.160. The summed E-state index contributed by atoms with van der Waals surface area (Å²) in [5.41, 5.74) is 5.76. The first-order chi connectivity index (χ1) is 23.3. The highest BCUT2D eigenvalue weighted by Crippen LogP contribution is 2.46. The summed E-state index contributed by atoms with van der Waals surface area (Å²) in [6.45, 7) is 12.5. The zero-order valence-corrected chi connectivity index (χ0v) is 29.0. The van der Waals surface area contributed by atoms with Gasteiger partial charge < -0.3 is 24.1 Å². The number of hydrogen-bond acceptors (Lipinski definition) is 10. The van der Waals surface area contributed by atoms with Gasteiger partial charge in [-0.15, -0.1) is 0 Å². The van der Waals surface area contributed by atoms with Gasteiger partial charge in [0.2, 0.25) is 5.71 Å². The van der Waals surface area contributed by atoms with Crippen LogP contribution in [0.3, 0.4) is 0 Å². The maximum atomic E-state index is 12.8. The Bertz CT molecular complexity index is 2100. The van der Waals surface area contributed by atoms with Crippen LogP contribution in [0.5, 0.6) is 0 Å². The van der Waals surface area contributed by atoms with Crippen molar-refractivity contribution >= 4 is 57.6 Å². The van der Waals surface area contributed by atoms with Crippen LogP contribution in [-0.2, 0) is 22.5 Å². The number of carbonyl (C=O) groups excluding carboxylic acids is 1. The predicted molar refractivity (Wildman–Crippen MR) is 188 cm³/mol. The van der Waals surface area contributed by atoms with Gasteiger partial charge in [0.25, 0.3) is 0 Å². The maximum absolute atomic E-state index is 12.8. The first kappa shape index (κ1) is 32.9. The van der Waals surface area contributed by atoms with E-state index in [-0.39, 0.29) is 21.8 Å². The normalized spacial score (nSPS) is 16.9. The van der Waals surface area contributed by atoms with E-state index < -0.39 is 17.7 Å². The molecule has 2 aliphatic rings. The molecule has 49 heavy (non-hydrogen) atoms. The third-order valence-electron chi connectivity index (χ3n) is 9.51. The molecule has 2 aliphatic heterocycles. The lowest BCUT2D eigenvalue weighted by Crippen LogP contribution is -2.39. The number of pyridine rings is 2. The molecule has 1 atom stereocenters. The number of nitrogens with zero attached hydrogens (tertiary/aromatic N) is 6. The molecule has 0 unspecified atom stereocenters. The van der Waals surface area contributed by atoms with Crippen molar-refractivity contribution in [2.45, 2.75) is 72.1 Å². The van der Waals surface area contributed by atoms with Crippen LogP contribution in [0.4, 0.5) is 11.5 Å². The summed E-state index contributed by atoms with van der Waals surface area (Å²) in [4.78, 5) is 47.7. The minimum atomic E-state index is -1.39. The number of benzene rings is 1. The summed E-state index contributed by atoms with van der Waals surface area (Å²) in [6.07, 6.45) is 5.03. The second-order valence-corrected chi connectivity index (χ2v) is 15.0. The van der Waals surface area contributed by atoms with Gasteiger partial charge in [-0.1, -0.05) is 43.6 Å². The molecular weight excluding hydrogens is 644 g/mol. The van der Waals surface area contributed by atoms with E-state index in [1.165, 1.54) is 0 Å². The number of aldehydes is 1. The van der Waals surface area contributed by atoms with E-state index in [9.17, 15) is 14.7 Å². The van der Waals surface area contributed by atoms with E-state index in [0.29, 0.717) is 67.3 Å². The number of ether oxygens (including phenoxy) is 1. The fourth-order valence-electron chi connectivity index (χ4n) is 6.94. The van der Waals surface area contributed by atoms with Gasteiger partial charge in [0, 0.05) is 37.9 Å². The number of aromatic nitrogens is 4. The van der Waals surface area contributed by atoms with Crippen LogP contribution in [0.1, 0.15) is 80.7 Å². The summed E-state index contributed by atoms with van der Waals surface area (Å²) in [7, 11) is 0. The third kappa shape index (κ3) is 6.21. The van der Waals surface area contributed by atoms with Crippen LogP contribution in [0.25, 0.3) is 33.3 Å². The van der Waals surface area contributed by atoms with Gasteiger partial charge >= 0.3 is 5.97 Å². The van der Waals surface area contributed by atoms with Crippen molar-refractivity contribution in [3.05, 3.63) is 70.4 Å². The largest absolute Gasteiger partial charge is 0.479 e. The molecule has 11 nitrogen and oxygen atoms in total. The molecule has 0 aliphatic carbocycles. The topological polar surface area (TPSA) is 135 Å². The summed E-state index contributed by atoms with van der Waals surface area (Å²) in [6, 6.07) is 9.92. The number of rotatable bonds is 7. The fourth-order valence-corrected chi connectivity index (χ4v) is 7.22. The van der Waals surface area contributed by atoms with Crippen molar-refractivity contribution < 1.29 is 23.8 Å². The standard InChI is InChI=1S/C37H39ClN6O5/c1-36(2,3)49-30(35(46)47)27-29(43-15-11-37(4,5)12-16-43)26(25(19-45)42-32(27)38)22-8-9-23-18-44(14-10-21(23)17-22)33-31-28(40-20-41-33)24-7-6-13-39-34(24)48-31/h6-9,13,17,19-20,30H,10-12,14-16,18H2,1-5H3,(H,46,47)/t30-/m0/s1. The number of carbonyl (C=O) groups is 2. The number of carboxylic acids is 1. The van der Waals surface area contributed by atoms with Crippen molar-refractivity contribution in [1.29, 1.82) is 0 Å². The lowest BCUT2D eigenvalue weighted by Gasteiger charge is -2.41. The Morgan fingerprint density at radius 3 is 2.57 bits per heavy atom. The number of piperidine rings is 1. The Hall–Kier alpha value is -4.61. The Morgan fingerprint density at radius 2 is 1.86 bits per heavy atom. The minimum Gasteiger partial charge on any atom is -0.479 e. The molecule has 4 aromatic heterocycles. The van der Waals surface area contributed by atoms with Crippen LogP contribution >= 0.6 is 11.6 Å². The average molecular weight is 683 g/mol. The molecule has 1 fully saturated rings. The number of anilines is 2. The predicted octanol–water partition coefficient (Wildman–Crippen LogP) is 7.43. The minimum absolute atomic E-state index is 0.0483. The molecule has 0 spiro atoms. The number of carboxylic acid groups (broad SMARTS) is 1. The Kier molecular flexibility index (Phi) is 8.31. The van der Waals surface area contributed by atoms with Crippen molar-refractivity contribution in [1.82, 2.24) is 19.9 Å². The quantitative estimate of drug-likeness (QED) is 0.136. The van der Waals surface area contributed by atoms with Crippen molar-refractivity contribution in [2.24, 2.45) is 5.41 Å². The molecule has 0 bridgehead atoms. The summed E-state index contributed by atoms with van der Waals surface area (Å²) >= 11 is 6.81. The molecule has 0 amide bonds. The van der Waals surface area contributed by atoms with Crippen LogP contribution in [-0.4, -0.2) is 62.5 Å². The van der Waals surface area contributed by atoms with Crippen molar-refractivity contribution in [2.75, 3.05) is 29.4 Å². The van der Waals surface area contributed by atoms with Gasteiger partial charge in [-0.05, 0) is 74.3 Å². The van der Waals surface area contributed by atoms with Crippen LogP contribution in [0, 0.1) is 5.41 Å². The smallest absolute Gasteiger partial charge is 0.337 e. The number of halogens is 1. The molecule has 7 rings (SSSR count). The molecule has 0 saturated carbocycles. The first-order valence-electron chi connectivity index (χ1n) is 16.5. The molecule has 1 aromatic carbocycles. The number of aliphatic carboxylic acids is 1. The van der Waals surface area contributed by atoms with Crippen LogP contribution in [0.2, 0.25) is 5.15 Å². The van der Waals surface area contributed by atoms with Gasteiger partial charge in [-0.2, -0.15) is 0 Å². The lowest BCUT2D eigenvalue weighted by atomic mass is 9.82. The van der Waals surface area contributed by atoms with Crippen LogP contribution < -0.4 is 9.80 Å². The maximum Gasteiger partial charge on any atom is 0.337 e.